The van der Waals surface area contributed by atoms with Crippen molar-refractivity contribution in [1.29, 1.82) is 0 Å². The zero-order valence-electron chi connectivity index (χ0n) is 13.8. The normalized spacial score (nSPS) is 17.0. The number of pyridine rings is 1. The van der Waals surface area contributed by atoms with E-state index in [4.69, 9.17) is 4.74 Å². The van der Waals surface area contributed by atoms with Gasteiger partial charge in [-0.1, -0.05) is 0 Å². The quantitative estimate of drug-likeness (QED) is 0.831. The second kappa shape index (κ2) is 6.90. The summed E-state index contributed by atoms with van der Waals surface area (Å²) in [6, 6.07) is 1.26. The maximum Gasteiger partial charge on any atom is 0.421 e. The van der Waals surface area contributed by atoms with Gasteiger partial charge >= 0.3 is 6.18 Å². The Morgan fingerprint density at radius 1 is 1.46 bits per heavy atom. The first-order valence-corrected chi connectivity index (χ1v) is 7.81. The molecule has 11 heteroatoms. The number of halogens is 3. The van der Waals surface area contributed by atoms with Crippen LogP contribution < -0.4 is 10.9 Å². The molecule has 0 aliphatic carbocycles. The van der Waals surface area contributed by atoms with Gasteiger partial charge in [-0.25, -0.2) is 9.67 Å². The Morgan fingerprint density at radius 2 is 2.23 bits per heavy atom. The topological polar surface area (TPSA) is 102 Å². The number of amides is 1. The number of aryl methyl sites for hydroxylation is 1. The lowest BCUT2D eigenvalue weighted by molar-refractivity contribution is -0.138. The third kappa shape index (κ3) is 3.77. The Balaban J connectivity index is 1.69. The van der Waals surface area contributed by atoms with Gasteiger partial charge in [-0.2, -0.15) is 18.3 Å². The highest BCUT2D eigenvalue weighted by atomic mass is 19.4. The van der Waals surface area contributed by atoms with E-state index in [9.17, 15) is 22.8 Å². The van der Waals surface area contributed by atoms with Gasteiger partial charge in [-0.15, -0.1) is 0 Å². The van der Waals surface area contributed by atoms with Gasteiger partial charge in [0.1, 0.15) is 23.7 Å². The highest BCUT2D eigenvalue weighted by Crippen LogP contribution is 2.26. The molecular weight excluding hydrogens is 355 g/mol. The molecule has 0 aromatic carbocycles. The summed E-state index contributed by atoms with van der Waals surface area (Å²) in [4.78, 5) is 30.0. The molecule has 2 N–H and O–H groups in total. The molecule has 2 aromatic heterocycles. The van der Waals surface area contributed by atoms with Crippen LogP contribution in [0.2, 0.25) is 0 Å². The third-order valence-corrected chi connectivity index (χ3v) is 3.97. The van der Waals surface area contributed by atoms with Crippen molar-refractivity contribution in [2.45, 2.75) is 38.2 Å². The maximum absolute atomic E-state index is 12.6. The minimum Gasteiger partial charge on any atom is -0.377 e. The Kier molecular flexibility index (Phi) is 4.81. The van der Waals surface area contributed by atoms with Crippen molar-refractivity contribution in [3.05, 3.63) is 45.4 Å². The molecule has 1 unspecified atom stereocenters. The van der Waals surface area contributed by atoms with E-state index in [1.807, 2.05) is 4.98 Å². The number of carbonyl (C=O) groups excluding carboxylic acids is 1. The van der Waals surface area contributed by atoms with Crippen LogP contribution in [0.4, 0.5) is 13.2 Å². The minimum absolute atomic E-state index is 0.229. The lowest BCUT2D eigenvalue weighted by atomic mass is 10.1. The van der Waals surface area contributed by atoms with Crippen LogP contribution >= 0.6 is 0 Å². The number of nitrogens with one attached hydrogen (secondary N) is 2. The average molecular weight is 371 g/mol. The molecule has 0 saturated heterocycles. The zero-order chi connectivity index (χ0) is 18.9. The van der Waals surface area contributed by atoms with Gasteiger partial charge < -0.3 is 15.0 Å². The highest BCUT2D eigenvalue weighted by molar-refractivity contribution is 5.92. The molecular formula is C15H16F3N5O3. The Morgan fingerprint density at radius 3 is 2.88 bits per heavy atom. The van der Waals surface area contributed by atoms with Crippen LogP contribution in [-0.2, 0) is 30.5 Å². The van der Waals surface area contributed by atoms with Crippen molar-refractivity contribution in [3.8, 4) is 0 Å². The van der Waals surface area contributed by atoms with Crippen LogP contribution in [0.25, 0.3) is 0 Å². The average Bonchev–Trinajstić information content (AvgIpc) is 2.95. The SMILES string of the molecule is COCc1nc2n(n1)CC(NC(=O)c1ccc(C(F)(F)F)c(=O)[nH]1)CC2. The highest BCUT2D eigenvalue weighted by Gasteiger charge is 2.34. The van der Waals surface area contributed by atoms with Crippen molar-refractivity contribution >= 4 is 5.91 Å². The first kappa shape index (κ1) is 18.1. The third-order valence-electron chi connectivity index (χ3n) is 3.97. The van der Waals surface area contributed by atoms with Crippen LogP contribution in [0.5, 0.6) is 0 Å². The number of hydrogen-bond acceptors (Lipinski definition) is 5. The second-order valence-electron chi connectivity index (χ2n) is 5.88. The van der Waals surface area contributed by atoms with Gasteiger partial charge in [0.25, 0.3) is 11.5 Å². The summed E-state index contributed by atoms with van der Waals surface area (Å²) in [5, 5.41) is 6.96. The zero-order valence-corrected chi connectivity index (χ0v) is 13.8. The van der Waals surface area contributed by atoms with E-state index in [-0.39, 0.29) is 18.3 Å². The minimum atomic E-state index is -4.77. The summed E-state index contributed by atoms with van der Waals surface area (Å²) < 4.78 is 44.5. The molecule has 0 radical (unpaired) electrons. The summed E-state index contributed by atoms with van der Waals surface area (Å²) in [7, 11) is 1.54. The van der Waals surface area contributed by atoms with E-state index < -0.39 is 23.2 Å². The van der Waals surface area contributed by atoms with Gasteiger partial charge in [-0.05, 0) is 18.6 Å². The summed E-state index contributed by atoms with van der Waals surface area (Å²) in [6.07, 6.45) is -3.58. The number of alkyl halides is 3. The van der Waals surface area contributed by atoms with Crippen molar-refractivity contribution in [1.82, 2.24) is 25.1 Å². The van der Waals surface area contributed by atoms with E-state index in [0.717, 1.165) is 11.9 Å². The first-order valence-electron chi connectivity index (χ1n) is 7.81. The van der Waals surface area contributed by atoms with Gasteiger partial charge in [-0.3, -0.25) is 9.59 Å². The number of fused-ring (bicyclic) bond motifs is 1. The van der Waals surface area contributed by atoms with Crippen molar-refractivity contribution < 1.29 is 22.7 Å². The van der Waals surface area contributed by atoms with Gasteiger partial charge in [0, 0.05) is 19.6 Å². The fraction of sp³-hybridized carbons (Fsp3) is 0.467. The summed E-state index contributed by atoms with van der Waals surface area (Å²) in [6.45, 7) is 0.659. The Labute approximate surface area is 145 Å². The van der Waals surface area contributed by atoms with Crippen LogP contribution in [0.15, 0.2) is 16.9 Å². The lowest BCUT2D eigenvalue weighted by Gasteiger charge is -2.23. The van der Waals surface area contributed by atoms with Crippen molar-refractivity contribution in [3.63, 3.8) is 0 Å². The monoisotopic (exact) mass is 371 g/mol. The van der Waals surface area contributed by atoms with Gasteiger partial charge in [0.15, 0.2) is 5.82 Å². The fourth-order valence-electron chi connectivity index (χ4n) is 2.76. The van der Waals surface area contributed by atoms with Gasteiger partial charge in [0.2, 0.25) is 0 Å². The van der Waals surface area contributed by atoms with Gasteiger partial charge in [0.05, 0.1) is 6.54 Å². The molecule has 3 heterocycles. The first-order chi connectivity index (χ1) is 12.3. The number of hydrogen-bond donors (Lipinski definition) is 2. The Bertz CT molecular complexity index is 874. The maximum atomic E-state index is 12.6. The standard InChI is InChI=1S/C15H16F3N5O3/c1-26-7-11-21-12-5-2-8(6-23(12)22-11)19-14(25)10-4-3-9(13(24)20-10)15(16,17)18/h3-4,8H,2,5-7H2,1H3,(H,19,25)(H,20,24). The molecule has 8 nitrogen and oxygen atoms in total. The molecule has 0 bridgehead atoms. The van der Waals surface area contributed by atoms with Crippen molar-refractivity contribution in [2.24, 2.45) is 0 Å². The summed E-state index contributed by atoms with van der Waals surface area (Å²) in [5.74, 6) is 0.675. The number of aromatic nitrogens is 4. The van der Waals surface area contributed by atoms with E-state index in [2.05, 4.69) is 15.4 Å². The smallest absolute Gasteiger partial charge is 0.377 e. The number of carbonyl (C=O) groups is 1. The number of nitrogens with zero attached hydrogens (tertiary/aromatic N) is 3. The number of aromatic amines is 1. The number of H-pyrrole nitrogens is 1. The lowest BCUT2D eigenvalue weighted by Crippen LogP contribution is -2.42. The molecule has 1 amide bonds. The molecule has 0 saturated carbocycles. The number of methoxy groups -OCH3 is 1. The van der Waals surface area contributed by atoms with Crippen LogP contribution in [-0.4, -0.2) is 38.8 Å². The number of rotatable bonds is 4. The van der Waals surface area contributed by atoms with E-state index in [0.29, 0.717) is 31.3 Å². The molecule has 140 valence electrons. The molecule has 2 aromatic rings. The summed E-state index contributed by atoms with van der Waals surface area (Å²) >= 11 is 0. The molecule has 1 aliphatic heterocycles. The van der Waals surface area contributed by atoms with Crippen LogP contribution in [0.3, 0.4) is 0 Å². The largest absolute Gasteiger partial charge is 0.421 e. The fourth-order valence-corrected chi connectivity index (χ4v) is 2.76. The van der Waals surface area contributed by atoms with E-state index >= 15 is 0 Å². The molecule has 26 heavy (non-hydrogen) atoms. The molecule has 1 aliphatic rings. The molecule has 0 fully saturated rings. The van der Waals surface area contributed by atoms with E-state index in [1.165, 1.54) is 7.11 Å². The predicted molar refractivity (Wildman–Crippen MR) is 82.4 cm³/mol. The van der Waals surface area contributed by atoms with Crippen LogP contribution in [0, 0.1) is 0 Å². The molecule has 0 spiro atoms. The summed E-state index contributed by atoms with van der Waals surface area (Å²) in [5.41, 5.74) is -2.92. The van der Waals surface area contributed by atoms with E-state index in [1.54, 1.807) is 4.68 Å². The molecule has 3 rings (SSSR count). The van der Waals surface area contributed by atoms with Crippen LogP contribution in [0.1, 0.15) is 34.1 Å². The number of ether oxygens (including phenoxy) is 1. The molecule has 1 atom stereocenters. The van der Waals surface area contributed by atoms with Crippen molar-refractivity contribution in [2.75, 3.05) is 7.11 Å². The predicted octanol–water partition coefficient (Wildman–Crippen LogP) is 0.876. The Hall–Kier alpha value is -2.69. The second-order valence-corrected chi connectivity index (χ2v) is 5.88.